The number of para-hydroxylation sites is 1. The molecule has 0 spiro atoms. The van der Waals surface area contributed by atoms with E-state index in [-0.39, 0.29) is 5.91 Å². The van der Waals surface area contributed by atoms with Gasteiger partial charge in [0.1, 0.15) is 11.5 Å². The highest BCUT2D eigenvalue weighted by Crippen LogP contribution is 2.31. The van der Waals surface area contributed by atoms with Gasteiger partial charge in [0.25, 0.3) is 5.91 Å². The summed E-state index contributed by atoms with van der Waals surface area (Å²) in [6.07, 6.45) is 0.0786. The summed E-state index contributed by atoms with van der Waals surface area (Å²) in [7, 11) is 0. The Kier molecular flexibility index (Phi) is 3.82. The van der Waals surface area contributed by atoms with Gasteiger partial charge in [0.15, 0.2) is 11.2 Å². The second kappa shape index (κ2) is 6.13. The van der Waals surface area contributed by atoms with Crippen LogP contribution in [0.25, 0.3) is 10.2 Å². The summed E-state index contributed by atoms with van der Waals surface area (Å²) in [5.74, 6) is 1.42. The molecule has 2 heterocycles. The van der Waals surface area contributed by atoms with Crippen molar-refractivity contribution in [2.45, 2.75) is 19.4 Å². The maximum absolute atomic E-state index is 12.4. The van der Waals surface area contributed by atoms with Crippen LogP contribution in [-0.4, -0.2) is 23.6 Å². The van der Waals surface area contributed by atoms with Crippen LogP contribution >= 0.6 is 11.3 Å². The van der Waals surface area contributed by atoms with Crippen molar-refractivity contribution in [1.29, 1.82) is 0 Å². The molecule has 0 aliphatic carbocycles. The number of nitrogens with zero attached hydrogens (tertiary/aromatic N) is 1. The van der Waals surface area contributed by atoms with Gasteiger partial charge in [0.2, 0.25) is 0 Å². The standard InChI is InChI=1S/C18H16N2O3S/c1-2-22-12-7-8-13-16(10-12)24-18(19-13)20-17(21)15-9-11-5-3-4-6-14(11)23-15/h3-8,10,15H,2,9H2,1H3,(H,19,20,21)/t15-/m1/s1. The number of rotatable bonds is 4. The van der Waals surface area contributed by atoms with Crippen LogP contribution in [0.5, 0.6) is 11.5 Å². The van der Waals surface area contributed by atoms with Gasteiger partial charge in [-0.1, -0.05) is 29.5 Å². The highest BCUT2D eigenvalue weighted by Gasteiger charge is 2.29. The van der Waals surface area contributed by atoms with E-state index >= 15 is 0 Å². The van der Waals surface area contributed by atoms with Crippen molar-refractivity contribution in [1.82, 2.24) is 4.98 Å². The van der Waals surface area contributed by atoms with Crippen LogP contribution in [0.3, 0.4) is 0 Å². The van der Waals surface area contributed by atoms with Crippen LogP contribution in [0.15, 0.2) is 42.5 Å². The van der Waals surface area contributed by atoms with Gasteiger partial charge in [-0.05, 0) is 36.8 Å². The van der Waals surface area contributed by atoms with Gasteiger partial charge in [-0.15, -0.1) is 0 Å². The molecule has 0 unspecified atom stereocenters. The van der Waals surface area contributed by atoms with Gasteiger partial charge in [-0.3, -0.25) is 10.1 Å². The molecule has 3 aromatic rings. The number of thiazole rings is 1. The zero-order valence-electron chi connectivity index (χ0n) is 13.1. The molecule has 1 N–H and O–H groups in total. The number of anilines is 1. The Morgan fingerprint density at radius 2 is 2.25 bits per heavy atom. The molecule has 1 aliphatic heterocycles. The minimum Gasteiger partial charge on any atom is -0.494 e. The number of amides is 1. The van der Waals surface area contributed by atoms with Gasteiger partial charge >= 0.3 is 0 Å². The quantitative estimate of drug-likeness (QED) is 0.788. The lowest BCUT2D eigenvalue weighted by molar-refractivity contribution is -0.122. The zero-order chi connectivity index (χ0) is 16.5. The summed E-state index contributed by atoms with van der Waals surface area (Å²) in [4.78, 5) is 16.9. The lowest BCUT2D eigenvalue weighted by atomic mass is 10.1. The Morgan fingerprint density at radius 3 is 3.08 bits per heavy atom. The van der Waals surface area contributed by atoms with Crippen molar-refractivity contribution < 1.29 is 14.3 Å². The van der Waals surface area contributed by atoms with Crippen LogP contribution in [0.2, 0.25) is 0 Å². The molecule has 0 saturated heterocycles. The second-order valence-electron chi connectivity index (χ2n) is 5.49. The second-order valence-corrected chi connectivity index (χ2v) is 6.52. The molecular formula is C18H16N2O3S. The van der Waals surface area contributed by atoms with Crippen LogP contribution < -0.4 is 14.8 Å². The fourth-order valence-corrected chi connectivity index (χ4v) is 3.63. The Hall–Kier alpha value is -2.60. The Labute approximate surface area is 143 Å². The Balaban J connectivity index is 1.49. The third kappa shape index (κ3) is 2.80. The van der Waals surface area contributed by atoms with Crippen LogP contribution in [0, 0.1) is 0 Å². The fourth-order valence-electron chi connectivity index (χ4n) is 2.73. The van der Waals surface area contributed by atoms with E-state index < -0.39 is 6.10 Å². The molecule has 1 amide bonds. The first-order chi connectivity index (χ1) is 11.7. The lowest BCUT2D eigenvalue weighted by Crippen LogP contribution is -2.31. The first kappa shape index (κ1) is 15.0. The van der Waals surface area contributed by atoms with Gasteiger partial charge in [0.05, 0.1) is 16.8 Å². The maximum atomic E-state index is 12.4. The average Bonchev–Trinajstić information content (AvgIpc) is 3.17. The molecule has 0 bridgehead atoms. The number of ether oxygens (including phenoxy) is 2. The minimum absolute atomic E-state index is 0.171. The average molecular weight is 340 g/mol. The normalized spacial score (nSPS) is 15.8. The maximum Gasteiger partial charge on any atom is 0.267 e. The van der Waals surface area contributed by atoms with E-state index in [4.69, 9.17) is 9.47 Å². The summed E-state index contributed by atoms with van der Waals surface area (Å²) < 4.78 is 12.2. The smallest absolute Gasteiger partial charge is 0.267 e. The van der Waals surface area contributed by atoms with Gasteiger partial charge in [-0.2, -0.15) is 0 Å². The molecule has 122 valence electrons. The molecule has 5 nitrogen and oxygen atoms in total. The SMILES string of the molecule is CCOc1ccc2nc(NC(=O)[C@H]3Cc4ccccc4O3)sc2c1. The largest absolute Gasteiger partial charge is 0.494 e. The molecule has 0 radical (unpaired) electrons. The number of carbonyl (C=O) groups excluding carboxylic acids is 1. The fraction of sp³-hybridized carbons (Fsp3) is 0.222. The highest BCUT2D eigenvalue weighted by molar-refractivity contribution is 7.22. The first-order valence-electron chi connectivity index (χ1n) is 7.82. The molecule has 4 rings (SSSR count). The molecular weight excluding hydrogens is 324 g/mol. The predicted molar refractivity (Wildman–Crippen MR) is 94.0 cm³/mol. The number of nitrogens with one attached hydrogen (secondary N) is 1. The molecule has 1 aromatic heterocycles. The van der Waals surface area contributed by atoms with Crippen molar-refractivity contribution >= 4 is 32.6 Å². The van der Waals surface area contributed by atoms with Crippen molar-refractivity contribution in [2.24, 2.45) is 0 Å². The third-order valence-corrected chi connectivity index (χ3v) is 4.77. The molecule has 1 aliphatic rings. The van der Waals surface area contributed by atoms with E-state index in [2.05, 4.69) is 10.3 Å². The first-order valence-corrected chi connectivity index (χ1v) is 8.63. The summed E-state index contributed by atoms with van der Waals surface area (Å²) in [6, 6.07) is 13.4. The van der Waals surface area contributed by atoms with E-state index in [1.54, 1.807) is 0 Å². The summed E-state index contributed by atoms with van der Waals surface area (Å²) >= 11 is 1.43. The zero-order valence-corrected chi connectivity index (χ0v) is 13.9. The molecule has 1 atom stereocenters. The van der Waals surface area contributed by atoms with Crippen LogP contribution in [0.1, 0.15) is 12.5 Å². The molecule has 6 heteroatoms. The summed E-state index contributed by atoms with van der Waals surface area (Å²) in [6.45, 7) is 2.57. The molecule has 0 fully saturated rings. The van der Waals surface area contributed by atoms with Gasteiger partial charge in [0, 0.05) is 6.42 Å². The topological polar surface area (TPSA) is 60.5 Å². The number of hydrogen-bond acceptors (Lipinski definition) is 5. The van der Waals surface area contributed by atoms with Crippen molar-refractivity contribution in [3.8, 4) is 11.5 Å². The van der Waals surface area contributed by atoms with E-state index in [1.165, 1.54) is 11.3 Å². The van der Waals surface area contributed by atoms with Crippen molar-refractivity contribution in [2.75, 3.05) is 11.9 Å². The van der Waals surface area contributed by atoms with Gasteiger partial charge in [-0.25, -0.2) is 4.98 Å². The van der Waals surface area contributed by atoms with E-state index in [0.717, 1.165) is 27.3 Å². The number of fused-ring (bicyclic) bond motifs is 2. The number of hydrogen-bond donors (Lipinski definition) is 1. The Morgan fingerprint density at radius 1 is 1.38 bits per heavy atom. The Bertz CT molecular complexity index is 881. The predicted octanol–water partition coefficient (Wildman–Crippen LogP) is 3.64. The number of benzene rings is 2. The number of carbonyl (C=O) groups is 1. The van der Waals surface area contributed by atoms with Crippen molar-refractivity contribution in [3.63, 3.8) is 0 Å². The van der Waals surface area contributed by atoms with Gasteiger partial charge < -0.3 is 9.47 Å². The van der Waals surface area contributed by atoms with E-state index in [9.17, 15) is 4.79 Å². The minimum atomic E-state index is -0.506. The van der Waals surface area contributed by atoms with Crippen LogP contribution in [-0.2, 0) is 11.2 Å². The summed E-state index contributed by atoms with van der Waals surface area (Å²) in [5, 5.41) is 3.43. The van der Waals surface area contributed by atoms with E-state index in [0.29, 0.717) is 18.2 Å². The highest BCUT2D eigenvalue weighted by atomic mass is 32.1. The summed E-state index contributed by atoms with van der Waals surface area (Å²) in [5.41, 5.74) is 1.90. The van der Waals surface area contributed by atoms with Crippen LogP contribution in [0.4, 0.5) is 5.13 Å². The molecule has 24 heavy (non-hydrogen) atoms. The lowest BCUT2D eigenvalue weighted by Gasteiger charge is -2.09. The third-order valence-electron chi connectivity index (χ3n) is 3.84. The number of aromatic nitrogens is 1. The monoisotopic (exact) mass is 340 g/mol. The molecule has 0 saturated carbocycles. The van der Waals surface area contributed by atoms with Crippen molar-refractivity contribution in [3.05, 3.63) is 48.0 Å². The molecule has 2 aromatic carbocycles. The van der Waals surface area contributed by atoms with E-state index in [1.807, 2.05) is 49.4 Å².